The second-order valence-electron chi connectivity index (χ2n) is 5.51. The number of nitrogens with zero attached hydrogens (tertiary/aromatic N) is 3. The van der Waals surface area contributed by atoms with Crippen molar-refractivity contribution < 1.29 is 5.11 Å². The molecule has 0 saturated carbocycles. The number of aliphatic imine (C=N–C) groups is 1. The van der Waals surface area contributed by atoms with Gasteiger partial charge in [-0.15, -0.1) is 0 Å². The summed E-state index contributed by atoms with van der Waals surface area (Å²) in [6.45, 7) is 0.640. The number of aromatic nitrogens is 2. The Morgan fingerprint density at radius 2 is 2.00 bits per heavy atom. The van der Waals surface area contributed by atoms with Crippen LogP contribution in [0.4, 0.5) is 17.5 Å². The van der Waals surface area contributed by atoms with Crippen LogP contribution in [0.15, 0.2) is 59.7 Å². The van der Waals surface area contributed by atoms with Crippen LogP contribution in [0.3, 0.4) is 0 Å². The second kappa shape index (κ2) is 5.66. The minimum absolute atomic E-state index is 0.225. The summed E-state index contributed by atoms with van der Waals surface area (Å²) >= 11 is 0. The third-order valence-corrected chi connectivity index (χ3v) is 3.84. The average Bonchev–Trinajstić information content (AvgIpc) is 2.98. The summed E-state index contributed by atoms with van der Waals surface area (Å²) in [6, 6.07) is 14.9. The average molecular weight is 317 g/mol. The van der Waals surface area contributed by atoms with Crippen LogP contribution >= 0.6 is 0 Å². The molecule has 0 aliphatic carbocycles. The van der Waals surface area contributed by atoms with Crippen LogP contribution in [-0.2, 0) is 6.54 Å². The van der Waals surface area contributed by atoms with E-state index in [9.17, 15) is 5.11 Å². The summed E-state index contributed by atoms with van der Waals surface area (Å²) in [7, 11) is 0. The van der Waals surface area contributed by atoms with Gasteiger partial charge in [-0.3, -0.25) is 4.99 Å². The number of phenolic OH excluding ortho intramolecular Hbond substituents is 1. The lowest BCUT2D eigenvalue weighted by atomic mass is 9.99. The van der Waals surface area contributed by atoms with E-state index in [2.05, 4.69) is 20.3 Å². The molecule has 0 fully saturated rings. The van der Waals surface area contributed by atoms with Gasteiger partial charge in [0, 0.05) is 23.0 Å². The van der Waals surface area contributed by atoms with E-state index >= 15 is 0 Å². The molecule has 1 aliphatic rings. The third-order valence-electron chi connectivity index (χ3n) is 3.84. The number of anilines is 3. The number of rotatable bonds is 3. The van der Waals surface area contributed by atoms with Crippen LogP contribution in [0.1, 0.15) is 16.7 Å². The summed E-state index contributed by atoms with van der Waals surface area (Å²) in [5.41, 5.74) is 10.5. The molecule has 6 heteroatoms. The summed E-state index contributed by atoms with van der Waals surface area (Å²) in [4.78, 5) is 12.6. The zero-order valence-corrected chi connectivity index (χ0v) is 12.8. The number of fused-ring (bicyclic) bond motifs is 1. The van der Waals surface area contributed by atoms with Crippen LogP contribution in [-0.4, -0.2) is 20.8 Å². The largest absolute Gasteiger partial charge is 0.508 e. The summed E-state index contributed by atoms with van der Waals surface area (Å²) < 4.78 is 0. The van der Waals surface area contributed by atoms with Crippen LogP contribution < -0.4 is 11.1 Å². The van der Waals surface area contributed by atoms with Gasteiger partial charge in [0.1, 0.15) is 11.6 Å². The molecule has 0 spiro atoms. The SMILES string of the molecule is Nc1nccc(Nc2ccc3c(c2)C(c2cccc(O)c2)=NC3)n1. The first kappa shape index (κ1) is 14.2. The number of nitrogens with two attached hydrogens (primary N) is 1. The Labute approximate surface area is 138 Å². The van der Waals surface area contributed by atoms with Crippen molar-refractivity contribution in [1.29, 1.82) is 0 Å². The standard InChI is InChI=1S/C18H15N5O/c19-18-20-7-6-16(23-18)22-13-5-4-12-10-21-17(15(12)9-13)11-2-1-3-14(24)8-11/h1-9,24H,10H2,(H3,19,20,22,23). The van der Waals surface area contributed by atoms with Gasteiger partial charge in [-0.2, -0.15) is 4.98 Å². The summed E-state index contributed by atoms with van der Waals surface area (Å²) in [6.07, 6.45) is 1.61. The van der Waals surface area contributed by atoms with E-state index in [1.165, 1.54) is 0 Å². The Morgan fingerprint density at radius 3 is 2.83 bits per heavy atom. The minimum atomic E-state index is 0.225. The molecule has 0 unspecified atom stereocenters. The molecule has 2 heterocycles. The molecule has 24 heavy (non-hydrogen) atoms. The van der Waals surface area contributed by atoms with Crippen LogP contribution in [0, 0.1) is 0 Å². The molecule has 1 aromatic heterocycles. The van der Waals surface area contributed by atoms with Crippen molar-refractivity contribution >= 4 is 23.2 Å². The lowest BCUT2D eigenvalue weighted by Gasteiger charge is -2.09. The zero-order valence-electron chi connectivity index (χ0n) is 12.8. The van der Waals surface area contributed by atoms with E-state index in [0.29, 0.717) is 12.4 Å². The van der Waals surface area contributed by atoms with Gasteiger partial charge in [0.25, 0.3) is 0 Å². The highest BCUT2D eigenvalue weighted by molar-refractivity contribution is 6.15. The van der Waals surface area contributed by atoms with Crippen molar-refractivity contribution in [2.45, 2.75) is 6.54 Å². The highest BCUT2D eigenvalue weighted by Crippen LogP contribution is 2.28. The number of nitrogens with one attached hydrogen (secondary N) is 1. The molecule has 1 aliphatic heterocycles. The first-order valence-electron chi connectivity index (χ1n) is 7.52. The van der Waals surface area contributed by atoms with Crippen LogP contribution in [0.5, 0.6) is 5.75 Å². The maximum atomic E-state index is 9.70. The molecule has 0 bridgehead atoms. The van der Waals surface area contributed by atoms with Gasteiger partial charge in [0.2, 0.25) is 5.95 Å². The van der Waals surface area contributed by atoms with Crippen molar-refractivity contribution in [3.63, 3.8) is 0 Å². The number of nitrogen functional groups attached to an aromatic ring is 1. The van der Waals surface area contributed by atoms with Crippen LogP contribution in [0.2, 0.25) is 0 Å². The van der Waals surface area contributed by atoms with Crippen LogP contribution in [0.25, 0.3) is 0 Å². The summed E-state index contributed by atoms with van der Waals surface area (Å²) in [5.74, 6) is 1.09. The minimum Gasteiger partial charge on any atom is -0.508 e. The van der Waals surface area contributed by atoms with E-state index < -0.39 is 0 Å². The number of hydrogen-bond donors (Lipinski definition) is 3. The normalized spacial score (nSPS) is 12.6. The van der Waals surface area contributed by atoms with E-state index in [1.54, 1.807) is 24.4 Å². The Hall–Kier alpha value is -3.41. The summed E-state index contributed by atoms with van der Waals surface area (Å²) in [5, 5.41) is 12.9. The molecule has 118 valence electrons. The third kappa shape index (κ3) is 2.65. The maximum Gasteiger partial charge on any atom is 0.221 e. The Morgan fingerprint density at radius 1 is 1.08 bits per heavy atom. The monoisotopic (exact) mass is 317 g/mol. The molecule has 0 radical (unpaired) electrons. The first-order valence-corrected chi connectivity index (χ1v) is 7.52. The Kier molecular flexibility index (Phi) is 3.35. The lowest BCUT2D eigenvalue weighted by molar-refractivity contribution is 0.475. The molecule has 4 rings (SSSR count). The maximum absolute atomic E-state index is 9.70. The van der Waals surface area contributed by atoms with Gasteiger partial charge in [0.05, 0.1) is 12.3 Å². The van der Waals surface area contributed by atoms with Crippen molar-refractivity contribution in [3.05, 3.63) is 71.4 Å². The van der Waals surface area contributed by atoms with Gasteiger partial charge < -0.3 is 16.2 Å². The molecular weight excluding hydrogens is 302 g/mol. The van der Waals surface area contributed by atoms with E-state index in [-0.39, 0.29) is 11.7 Å². The fourth-order valence-corrected chi connectivity index (χ4v) is 2.75. The molecule has 0 saturated heterocycles. The van der Waals surface area contributed by atoms with Crippen molar-refractivity contribution in [2.75, 3.05) is 11.1 Å². The second-order valence-corrected chi connectivity index (χ2v) is 5.51. The molecule has 4 N–H and O–H groups in total. The molecule has 6 nitrogen and oxygen atoms in total. The highest BCUT2D eigenvalue weighted by Gasteiger charge is 2.18. The lowest BCUT2D eigenvalue weighted by Crippen LogP contribution is -2.03. The Balaban J connectivity index is 1.68. The van der Waals surface area contributed by atoms with E-state index in [1.807, 2.05) is 30.3 Å². The first-order chi connectivity index (χ1) is 11.7. The predicted molar refractivity (Wildman–Crippen MR) is 93.6 cm³/mol. The number of hydrogen-bond acceptors (Lipinski definition) is 6. The fourth-order valence-electron chi connectivity index (χ4n) is 2.75. The molecule has 2 aromatic carbocycles. The van der Waals surface area contributed by atoms with Gasteiger partial charge in [-0.1, -0.05) is 18.2 Å². The zero-order chi connectivity index (χ0) is 16.5. The predicted octanol–water partition coefficient (Wildman–Crippen LogP) is 2.86. The van der Waals surface area contributed by atoms with Gasteiger partial charge in [-0.25, -0.2) is 4.98 Å². The van der Waals surface area contributed by atoms with E-state index in [4.69, 9.17) is 5.73 Å². The van der Waals surface area contributed by atoms with Gasteiger partial charge >= 0.3 is 0 Å². The van der Waals surface area contributed by atoms with Crippen molar-refractivity contribution in [2.24, 2.45) is 4.99 Å². The van der Waals surface area contributed by atoms with Crippen molar-refractivity contribution in [3.8, 4) is 5.75 Å². The molecule has 3 aromatic rings. The number of phenols is 1. The highest BCUT2D eigenvalue weighted by atomic mass is 16.3. The number of aromatic hydroxyl groups is 1. The topological polar surface area (TPSA) is 96.4 Å². The van der Waals surface area contributed by atoms with Gasteiger partial charge in [0.15, 0.2) is 0 Å². The number of benzene rings is 2. The van der Waals surface area contributed by atoms with E-state index in [0.717, 1.165) is 28.1 Å². The van der Waals surface area contributed by atoms with Gasteiger partial charge in [-0.05, 0) is 35.9 Å². The smallest absolute Gasteiger partial charge is 0.221 e. The Bertz CT molecular complexity index is 952. The quantitative estimate of drug-likeness (QED) is 0.690. The molecular formula is C18H15N5O. The fraction of sp³-hybridized carbons (Fsp3) is 0.0556. The van der Waals surface area contributed by atoms with Crippen molar-refractivity contribution in [1.82, 2.24) is 9.97 Å². The molecule has 0 amide bonds. The molecule has 0 atom stereocenters.